The zero-order chi connectivity index (χ0) is 27.5. The Morgan fingerprint density at radius 1 is 1.05 bits per heavy atom. The number of aromatic nitrogens is 3. The van der Waals surface area contributed by atoms with E-state index >= 15 is 0 Å². The number of thiazole rings is 1. The van der Waals surface area contributed by atoms with Crippen molar-refractivity contribution < 1.29 is 4.79 Å². The molecule has 2 heterocycles. The number of anilines is 1. The second-order valence-corrected chi connectivity index (χ2v) is 12.0. The normalized spacial score (nSPS) is 22.3. The average Bonchev–Trinajstić information content (AvgIpc) is 3.62. The lowest BCUT2D eigenvalue weighted by atomic mass is 9.47. The molecule has 1 amide bonds. The highest BCUT2D eigenvalue weighted by molar-refractivity contribution is 7.13. The molecule has 3 aromatic carbocycles. The Kier molecular flexibility index (Phi) is 5.51. The van der Waals surface area contributed by atoms with Crippen LogP contribution in [-0.4, -0.2) is 20.7 Å². The van der Waals surface area contributed by atoms with Gasteiger partial charge in [0.2, 0.25) is 5.91 Å². The average molecular weight is 542 g/mol. The first-order chi connectivity index (χ1) is 19.4. The molecular weight excluding hydrogens is 514 g/mol. The standard InChI is InChI=1S/C33H27N5OS/c1-32(19-33(20-34)27-9-5-3-7-25(27)29(32)26-8-4-6-10-28(26)33)30(39)37-31-36-24(18-40-31)15-21-11-13-22(14-12-21)23-16-35-38(2)17-23/h3-14,16-18,29H,15,19H2,1-2H3,(H,36,37,39). The Morgan fingerprint density at radius 2 is 1.73 bits per heavy atom. The minimum atomic E-state index is -0.857. The van der Waals surface area contributed by atoms with Crippen molar-refractivity contribution >= 4 is 22.4 Å². The number of hydrogen-bond donors (Lipinski definition) is 1. The van der Waals surface area contributed by atoms with Crippen molar-refractivity contribution in [1.82, 2.24) is 14.8 Å². The number of nitrogens with zero attached hydrogens (tertiary/aromatic N) is 4. The van der Waals surface area contributed by atoms with Gasteiger partial charge in [-0.05, 0) is 46.7 Å². The predicted octanol–water partition coefficient (Wildman–Crippen LogP) is 6.44. The molecule has 5 aromatic rings. The number of amides is 1. The van der Waals surface area contributed by atoms with Gasteiger partial charge in [0.05, 0.1) is 23.4 Å². The lowest BCUT2D eigenvalue weighted by Gasteiger charge is -2.54. The zero-order valence-corrected chi connectivity index (χ0v) is 23.1. The van der Waals surface area contributed by atoms with E-state index in [2.05, 4.69) is 65.0 Å². The quantitative estimate of drug-likeness (QED) is 0.278. The molecule has 0 saturated heterocycles. The summed E-state index contributed by atoms with van der Waals surface area (Å²) in [4.78, 5) is 18.8. The Bertz CT molecular complexity index is 1760. The largest absolute Gasteiger partial charge is 0.301 e. The summed E-state index contributed by atoms with van der Waals surface area (Å²) in [7, 11) is 1.91. The maximum absolute atomic E-state index is 14.0. The fourth-order valence-corrected chi connectivity index (χ4v) is 7.47. The summed E-state index contributed by atoms with van der Waals surface area (Å²) < 4.78 is 1.80. The third-order valence-corrected chi connectivity index (χ3v) is 9.40. The number of benzene rings is 3. The fraction of sp³-hybridized carbons (Fsp3) is 0.212. The van der Waals surface area contributed by atoms with Crippen LogP contribution in [0.5, 0.6) is 0 Å². The molecule has 0 spiro atoms. The molecule has 1 atom stereocenters. The highest BCUT2D eigenvalue weighted by atomic mass is 32.1. The second-order valence-electron chi connectivity index (χ2n) is 11.1. The third-order valence-electron chi connectivity index (χ3n) is 8.59. The Hall–Kier alpha value is -4.54. The van der Waals surface area contributed by atoms with Crippen LogP contribution < -0.4 is 5.32 Å². The predicted molar refractivity (Wildman–Crippen MR) is 156 cm³/mol. The first-order valence-electron chi connectivity index (χ1n) is 13.4. The summed E-state index contributed by atoms with van der Waals surface area (Å²) in [6.07, 6.45) is 4.97. The van der Waals surface area contributed by atoms with E-state index in [0.29, 0.717) is 18.0 Å². The molecule has 2 aromatic heterocycles. The van der Waals surface area contributed by atoms with Crippen molar-refractivity contribution in [1.29, 1.82) is 5.26 Å². The number of nitriles is 1. The van der Waals surface area contributed by atoms with Crippen LogP contribution in [0.2, 0.25) is 0 Å². The van der Waals surface area contributed by atoms with E-state index < -0.39 is 10.8 Å². The van der Waals surface area contributed by atoms with Crippen LogP contribution >= 0.6 is 11.3 Å². The van der Waals surface area contributed by atoms with Crippen LogP contribution in [0.1, 0.15) is 52.8 Å². The minimum absolute atomic E-state index is 0.0946. The minimum Gasteiger partial charge on any atom is -0.301 e. The molecule has 196 valence electrons. The van der Waals surface area contributed by atoms with Gasteiger partial charge in [-0.2, -0.15) is 10.4 Å². The molecule has 8 rings (SSSR count). The van der Waals surface area contributed by atoms with E-state index in [-0.39, 0.29) is 11.8 Å². The molecule has 0 fully saturated rings. The van der Waals surface area contributed by atoms with Gasteiger partial charge >= 0.3 is 0 Å². The van der Waals surface area contributed by atoms with Gasteiger partial charge in [0.25, 0.3) is 0 Å². The van der Waals surface area contributed by atoms with Gasteiger partial charge in [-0.3, -0.25) is 9.48 Å². The van der Waals surface area contributed by atoms with Crippen molar-refractivity contribution in [2.45, 2.75) is 31.1 Å². The summed E-state index contributed by atoms with van der Waals surface area (Å²) >= 11 is 1.44. The van der Waals surface area contributed by atoms with E-state index in [1.165, 1.54) is 11.3 Å². The molecule has 3 aliphatic carbocycles. The summed E-state index contributed by atoms with van der Waals surface area (Å²) in [6.45, 7) is 2.00. The number of carbonyl (C=O) groups is 1. The highest BCUT2D eigenvalue weighted by Gasteiger charge is 2.61. The fourth-order valence-electron chi connectivity index (χ4n) is 6.77. The Balaban J connectivity index is 1.14. The molecule has 40 heavy (non-hydrogen) atoms. The second kappa shape index (κ2) is 9.00. The van der Waals surface area contributed by atoms with E-state index in [0.717, 1.165) is 44.6 Å². The van der Waals surface area contributed by atoms with Crippen LogP contribution in [-0.2, 0) is 23.7 Å². The van der Waals surface area contributed by atoms with Gasteiger partial charge in [-0.25, -0.2) is 4.98 Å². The molecule has 0 aliphatic heterocycles. The topological polar surface area (TPSA) is 83.6 Å². The summed E-state index contributed by atoms with van der Waals surface area (Å²) in [5.41, 5.74) is 6.80. The Labute approximate surface area is 237 Å². The maximum atomic E-state index is 14.0. The molecule has 1 unspecified atom stereocenters. The lowest BCUT2D eigenvalue weighted by Crippen LogP contribution is -2.53. The first kappa shape index (κ1) is 24.5. The number of hydrogen-bond acceptors (Lipinski definition) is 5. The smallest absolute Gasteiger partial charge is 0.233 e. The van der Waals surface area contributed by atoms with Crippen LogP contribution in [0, 0.1) is 16.7 Å². The van der Waals surface area contributed by atoms with Crippen molar-refractivity contribution in [3.8, 4) is 17.2 Å². The number of aryl methyl sites for hydroxylation is 1. The summed E-state index contributed by atoms with van der Waals surface area (Å²) in [5.74, 6) is -0.226. The van der Waals surface area contributed by atoms with Gasteiger partial charge in [-0.15, -0.1) is 11.3 Å². The van der Waals surface area contributed by atoms with E-state index in [9.17, 15) is 10.1 Å². The molecule has 0 saturated carbocycles. The zero-order valence-electron chi connectivity index (χ0n) is 22.3. The van der Waals surface area contributed by atoms with Crippen LogP contribution in [0.4, 0.5) is 5.13 Å². The molecule has 1 N–H and O–H groups in total. The Morgan fingerprint density at radius 3 is 2.35 bits per heavy atom. The number of rotatable bonds is 5. The monoisotopic (exact) mass is 541 g/mol. The van der Waals surface area contributed by atoms with Gasteiger partial charge < -0.3 is 5.32 Å². The molecular formula is C33H27N5OS. The van der Waals surface area contributed by atoms with Crippen LogP contribution in [0.25, 0.3) is 11.1 Å². The van der Waals surface area contributed by atoms with E-state index in [4.69, 9.17) is 4.98 Å². The third kappa shape index (κ3) is 3.64. The van der Waals surface area contributed by atoms with E-state index in [1.807, 2.05) is 56.0 Å². The van der Waals surface area contributed by atoms with E-state index in [1.54, 1.807) is 4.68 Å². The summed E-state index contributed by atoms with van der Waals surface area (Å²) in [6, 6.07) is 27.3. The van der Waals surface area contributed by atoms with Gasteiger partial charge in [-0.1, -0.05) is 72.8 Å². The number of nitrogens with one attached hydrogen (secondary N) is 1. The van der Waals surface area contributed by atoms with Gasteiger partial charge in [0.1, 0.15) is 5.41 Å². The molecule has 6 nitrogen and oxygen atoms in total. The lowest BCUT2D eigenvalue weighted by molar-refractivity contribution is -0.127. The number of fused-ring (bicyclic) bond motifs is 1. The highest BCUT2D eigenvalue weighted by Crippen LogP contribution is 2.63. The molecule has 7 heteroatoms. The molecule has 2 bridgehead atoms. The van der Waals surface area contributed by atoms with Gasteiger partial charge in [0.15, 0.2) is 5.13 Å². The summed E-state index contributed by atoms with van der Waals surface area (Å²) in [5, 5.41) is 20.6. The SMILES string of the molecule is Cn1cc(-c2ccc(Cc3csc(NC(=O)C4(C)CC5(C#N)c6ccccc6C4c4ccccc45)n3)cc2)cn1. The van der Waals surface area contributed by atoms with Crippen molar-refractivity contribution in [3.05, 3.63) is 124 Å². The number of carbonyl (C=O) groups excluding carboxylic acids is 1. The van der Waals surface area contributed by atoms with Gasteiger partial charge in [0, 0.05) is 36.5 Å². The van der Waals surface area contributed by atoms with Crippen LogP contribution in [0.15, 0.2) is 90.6 Å². The molecule has 0 radical (unpaired) electrons. The van der Waals surface area contributed by atoms with Crippen LogP contribution in [0.3, 0.4) is 0 Å². The van der Waals surface area contributed by atoms with Crippen molar-refractivity contribution in [3.63, 3.8) is 0 Å². The van der Waals surface area contributed by atoms with Crippen molar-refractivity contribution in [2.24, 2.45) is 12.5 Å². The van der Waals surface area contributed by atoms with Crippen molar-refractivity contribution in [2.75, 3.05) is 5.32 Å². The molecule has 3 aliphatic rings. The maximum Gasteiger partial charge on any atom is 0.233 e. The first-order valence-corrected chi connectivity index (χ1v) is 14.2.